The first-order valence-corrected chi connectivity index (χ1v) is 9.13. The minimum Gasteiger partial charge on any atom is -0.454 e. The Morgan fingerprint density at radius 3 is 2.73 bits per heavy atom. The summed E-state index contributed by atoms with van der Waals surface area (Å²) < 4.78 is 40.8. The molecule has 1 aromatic rings. The third-order valence-electron chi connectivity index (χ3n) is 4.40. The summed E-state index contributed by atoms with van der Waals surface area (Å²) in [6, 6.07) is 5.48. The van der Waals surface area contributed by atoms with Crippen LogP contribution in [0.15, 0.2) is 18.2 Å². The lowest BCUT2D eigenvalue weighted by molar-refractivity contribution is 0.125. The molecule has 1 fully saturated rings. The zero-order chi connectivity index (χ0) is 16.0. The number of nitrogens with two attached hydrogens (primary N) is 1. The molecule has 7 heteroatoms. The van der Waals surface area contributed by atoms with E-state index in [4.69, 9.17) is 19.9 Å². The zero-order valence-electron chi connectivity index (χ0n) is 12.7. The number of ether oxygens (including phenoxy) is 3. The van der Waals surface area contributed by atoms with E-state index < -0.39 is 20.6 Å². The SMILES string of the molecule is CCOC[C@@]1(N)[C@H](c2ccc3c(c2)OCO3)[C@@H]1S(=O)(=O)CC. The van der Waals surface area contributed by atoms with Gasteiger partial charge >= 0.3 is 0 Å². The monoisotopic (exact) mass is 327 g/mol. The quantitative estimate of drug-likeness (QED) is 0.840. The van der Waals surface area contributed by atoms with Gasteiger partial charge in [0.15, 0.2) is 21.3 Å². The summed E-state index contributed by atoms with van der Waals surface area (Å²) in [7, 11) is -3.25. The van der Waals surface area contributed by atoms with E-state index in [0.29, 0.717) is 18.1 Å². The summed E-state index contributed by atoms with van der Waals surface area (Å²) in [4.78, 5) is 0. The molecule has 1 heterocycles. The zero-order valence-corrected chi connectivity index (χ0v) is 13.6. The topological polar surface area (TPSA) is 87.8 Å². The number of sulfone groups is 1. The van der Waals surface area contributed by atoms with E-state index in [1.54, 1.807) is 13.0 Å². The first kappa shape index (κ1) is 15.6. The van der Waals surface area contributed by atoms with E-state index >= 15 is 0 Å². The fourth-order valence-electron chi connectivity index (χ4n) is 3.19. The van der Waals surface area contributed by atoms with Crippen molar-refractivity contribution in [2.24, 2.45) is 5.73 Å². The standard InChI is InChI=1S/C15H21NO5S/c1-3-19-8-15(16)13(14(15)22(17,18)4-2)10-5-6-11-12(7-10)21-9-20-11/h5-7,13-14H,3-4,8-9,16H2,1-2H3/t13-,14+,15-/m1/s1. The van der Waals surface area contributed by atoms with Crippen LogP contribution in [0.1, 0.15) is 25.3 Å². The van der Waals surface area contributed by atoms with E-state index in [1.807, 2.05) is 19.1 Å². The van der Waals surface area contributed by atoms with Crippen molar-refractivity contribution in [2.75, 3.05) is 25.8 Å². The Hall–Kier alpha value is -1.31. The summed E-state index contributed by atoms with van der Waals surface area (Å²) >= 11 is 0. The highest BCUT2D eigenvalue weighted by molar-refractivity contribution is 7.92. The number of hydrogen-bond donors (Lipinski definition) is 1. The lowest BCUT2D eigenvalue weighted by atomic mass is 10.1. The summed E-state index contributed by atoms with van der Waals surface area (Å²) in [6.07, 6.45) is 0. The van der Waals surface area contributed by atoms with Crippen LogP contribution in [-0.4, -0.2) is 45.0 Å². The second-order valence-corrected chi connectivity index (χ2v) is 8.12. The molecule has 1 aliphatic heterocycles. The molecule has 6 nitrogen and oxygen atoms in total. The maximum absolute atomic E-state index is 12.4. The van der Waals surface area contributed by atoms with E-state index in [9.17, 15) is 8.42 Å². The Balaban J connectivity index is 1.93. The van der Waals surface area contributed by atoms with Crippen molar-refractivity contribution in [3.63, 3.8) is 0 Å². The van der Waals surface area contributed by atoms with Crippen LogP contribution in [-0.2, 0) is 14.6 Å². The molecule has 0 unspecified atom stereocenters. The summed E-state index contributed by atoms with van der Waals surface area (Å²) in [5.41, 5.74) is 6.36. The minimum atomic E-state index is -3.25. The van der Waals surface area contributed by atoms with Crippen LogP contribution in [0, 0.1) is 0 Å². The maximum Gasteiger partial charge on any atom is 0.231 e. The third kappa shape index (κ3) is 2.37. The molecule has 3 rings (SSSR count). The van der Waals surface area contributed by atoms with Crippen LogP contribution in [0.2, 0.25) is 0 Å². The Morgan fingerprint density at radius 2 is 2.05 bits per heavy atom. The molecule has 3 atom stereocenters. The number of fused-ring (bicyclic) bond motifs is 1. The fourth-order valence-corrected chi connectivity index (χ4v) is 5.18. The summed E-state index contributed by atoms with van der Waals surface area (Å²) in [6.45, 7) is 4.43. The van der Waals surface area contributed by atoms with Gasteiger partial charge in [0.05, 0.1) is 17.4 Å². The lowest BCUT2D eigenvalue weighted by Crippen LogP contribution is -2.36. The summed E-state index contributed by atoms with van der Waals surface area (Å²) in [5, 5.41) is -0.614. The second kappa shape index (κ2) is 5.40. The highest BCUT2D eigenvalue weighted by Crippen LogP contribution is 2.55. The Morgan fingerprint density at radius 1 is 1.32 bits per heavy atom. The molecule has 0 aromatic heterocycles. The Labute approximate surface area is 130 Å². The first-order chi connectivity index (χ1) is 10.4. The van der Waals surface area contributed by atoms with Crippen molar-refractivity contribution < 1.29 is 22.6 Å². The molecular weight excluding hydrogens is 306 g/mol. The van der Waals surface area contributed by atoms with E-state index in [-0.39, 0.29) is 25.1 Å². The Kier molecular flexibility index (Phi) is 3.82. The van der Waals surface area contributed by atoms with Crippen molar-refractivity contribution in [1.82, 2.24) is 0 Å². The van der Waals surface area contributed by atoms with Crippen molar-refractivity contribution in [3.05, 3.63) is 23.8 Å². The number of hydrogen-bond acceptors (Lipinski definition) is 6. The molecule has 0 spiro atoms. The van der Waals surface area contributed by atoms with Gasteiger partial charge in [-0.2, -0.15) is 0 Å². The van der Waals surface area contributed by atoms with Crippen LogP contribution in [0.3, 0.4) is 0 Å². The summed E-state index contributed by atoms with van der Waals surface area (Å²) in [5.74, 6) is 1.10. The van der Waals surface area contributed by atoms with E-state index in [1.165, 1.54) is 0 Å². The lowest BCUT2D eigenvalue weighted by Gasteiger charge is -2.12. The molecule has 0 bridgehead atoms. The highest BCUT2D eigenvalue weighted by Gasteiger charge is 2.68. The van der Waals surface area contributed by atoms with Crippen LogP contribution >= 0.6 is 0 Å². The fraction of sp³-hybridized carbons (Fsp3) is 0.600. The van der Waals surface area contributed by atoms with Gasteiger partial charge in [-0.1, -0.05) is 13.0 Å². The van der Waals surface area contributed by atoms with Crippen molar-refractivity contribution >= 4 is 9.84 Å². The smallest absolute Gasteiger partial charge is 0.231 e. The molecule has 0 saturated heterocycles. The average Bonchev–Trinajstić information content (AvgIpc) is 2.90. The van der Waals surface area contributed by atoms with Crippen LogP contribution in [0.25, 0.3) is 0 Å². The van der Waals surface area contributed by atoms with Crippen LogP contribution in [0.5, 0.6) is 11.5 Å². The van der Waals surface area contributed by atoms with Crippen molar-refractivity contribution in [1.29, 1.82) is 0 Å². The normalized spacial score (nSPS) is 29.6. The van der Waals surface area contributed by atoms with Gasteiger partial charge in [-0.3, -0.25) is 0 Å². The van der Waals surface area contributed by atoms with Gasteiger partial charge in [0, 0.05) is 18.3 Å². The van der Waals surface area contributed by atoms with E-state index in [2.05, 4.69) is 0 Å². The molecule has 2 N–H and O–H groups in total. The number of benzene rings is 1. The predicted molar refractivity (Wildman–Crippen MR) is 82.0 cm³/mol. The van der Waals surface area contributed by atoms with Gasteiger partial charge in [-0.15, -0.1) is 0 Å². The molecule has 2 aliphatic rings. The van der Waals surface area contributed by atoms with Gasteiger partial charge in [0.2, 0.25) is 6.79 Å². The van der Waals surface area contributed by atoms with Crippen molar-refractivity contribution in [2.45, 2.75) is 30.6 Å². The Bertz CT molecular complexity index is 675. The molecule has 1 aliphatic carbocycles. The molecule has 0 radical (unpaired) electrons. The van der Waals surface area contributed by atoms with Gasteiger partial charge in [-0.05, 0) is 24.6 Å². The van der Waals surface area contributed by atoms with E-state index in [0.717, 1.165) is 5.56 Å². The minimum absolute atomic E-state index is 0.0732. The van der Waals surface area contributed by atoms with Gasteiger partial charge < -0.3 is 19.9 Å². The third-order valence-corrected chi connectivity index (χ3v) is 6.69. The molecule has 1 aromatic carbocycles. The van der Waals surface area contributed by atoms with Crippen molar-refractivity contribution in [3.8, 4) is 11.5 Å². The second-order valence-electron chi connectivity index (χ2n) is 5.71. The van der Waals surface area contributed by atoms with Gasteiger partial charge in [-0.25, -0.2) is 8.42 Å². The first-order valence-electron chi connectivity index (χ1n) is 7.41. The van der Waals surface area contributed by atoms with Crippen LogP contribution < -0.4 is 15.2 Å². The number of rotatable bonds is 6. The largest absolute Gasteiger partial charge is 0.454 e. The highest BCUT2D eigenvalue weighted by atomic mass is 32.2. The average molecular weight is 327 g/mol. The molecule has 0 amide bonds. The maximum atomic E-state index is 12.4. The van der Waals surface area contributed by atoms with Gasteiger partial charge in [0.1, 0.15) is 0 Å². The molecule has 1 saturated carbocycles. The van der Waals surface area contributed by atoms with Crippen LogP contribution in [0.4, 0.5) is 0 Å². The molecule has 122 valence electrons. The molecular formula is C15H21NO5S. The predicted octanol–water partition coefficient (Wildman–Crippen LogP) is 1.05. The molecule has 22 heavy (non-hydrogen) atoms. The van der Waals surface area contributed by atoms with Gasteiger partial charge in [0.25, 0.3) is 0 Å².